The van der Waals surface area contributed by atoms with Crippen LogP contribution in [0.5, 0.6) is 0 Å². The molecule has 0 fully saturated rings. The molecule has 0 aromatic carbocycles. The molecule has 0 heterocycles. The lowest BCUT2D eigenvalue weighted by molar-refractivity contribution is -0.148. The second-order valence-corrected chi connectivity index (χ2v) is 6.40. The quantitative estimate of drug-likeness (QED) is 0.495. The minimum atomic E-state index is -0.605. The van der Waals surface area contributed by atoms with Crippen molar-refractivity contribution in [1.82, 2.24) is 5.32 Å². The zero-order valence-corrected chi connectivity index (χ0v) is 14.3. The smallest absolute Gasteiger partial charge is 0.325 e. The monoisotopic (exact) mass is 287 g/mol. The Kier molecular flexibility index (Phi) is 9.06. The molecule has 4 heteroatoms. The first kappa shape index (κ1) is 19.4. The van der Waals surface area contributed by atoms with Gasteiger partial charge in [0.05, 0.1) is 13.2 Å². The van der Waals surface area contributed by atoms with Gasteiger partial charge in [0, 0.05) is 12.6 Å². The molecule has 0 spiro atoms. The van der Waals surface area contributed by atoms with Gasteiger partial charge in [-0.05, 0) is 52.9 Å². The van der Waals surface area contributed by atoms with Crippen LogP contribution in [0.15, 0.2) is 0 Å². The van der Waals surface area contributed by atoms with Crippen LogP contribution < -0.4 is 5.32 Å². The third-order valence-corrected chi connectivity index (χ3v) is 3.63. The molecular formula is C16H33NO3. The van der Waals surface area contributed by atoms with E-state index in [0.717, 1.165) is 25.9 Å². The summed E-state index contributed by atoms with van der Waals surface area (Å²) in [5.41, 5.74) is -0.605. The van der Waals surface area contributed by atoms with E-state index in [1.807, 2.05) is 20.8 Å². The van der Waals surface area contributed by atoms with E-state index in [0.29, 0.717) is 5.92 Å². The Hall–Kier alpha value is -0.610. The van der Waals surface area contributed by atoms with Gasteiger partial charge in [0.25, 0.3) is 0 Å². The van der Waals surface area contributed by atoms with Gasteiger partial charge in [-0.2, -0.15) is 0 Å². The first-order chi connectivity index (χ1) is 9.23. The van der Waals surface area contributed by atoms with E-state index in [-0.39, 0.29) is 18.1 Å². The number of unbranched alkanes of at least 4 members (excludes halogenated alkanes) is 1. The lowest BCUT2D eigenvalue weighted by Gasteiger charge is -2.30. The summed E-state index contributed by atoms with van der Waals surface area (Å²) in [6.45, 7) is 13.2. The van der Waals surface area contributed by atoms with E-state index in [4.69, 9.17) is 9.47 Å². The van der Waals surface area contributed by atoms with E-state index in [1.54, 1.807) is 0 Å². The Morgan fingerprint density at radius 3 is 2.20 bits per heavy atom. The third kappa shape index (κ3) is 7.25. The van der Waals surface area contributed by atoms with Crippen LogP contribution in [0, 0.1) is 5.92 Å². The fourth-order valence-corrected chi connectivity index (χ4v) is 2.14. The molecule has 0 aromatic rings. The van der Waals surface area contributed by atoms with Crippen molar-refractivity contribution in [2.24, 2.45) is 5.92 Å². The zero-order chi connectivity index (χ0) is 15.8. The lowest BCUT2D eigenvalue weighted by atomic mass is 9.94. The number of rotatable bonds is 10. The van der Waals surface area contributed by atoms with E-state index >= 15 is 0 Å². The topological polar surface area (TPSA) is 47.6 Å². The number of hydrogen-bond acceptors (Lipinski definition) is 4. The molecule has 20 heavy (non-hydrogen) atoms. The van der Waals surface area contributed by atoms with Crippen LogP contribution in [0.1, 0.15) is 60.8 Å². The summed E-state index contributed by atoms with van der Waals surface area (Å²) in [5, 5.41) is 3.31. The average molecular weight is 287 g/mol. The second-order valence-electron chi connectivity index (χ2n) is 6.40. The first-order valence-electron chi connectivity index (χ1n) is 7.70. The van der Waals surface area contributed by atoms with Gasteiger partial charge in [0.15, 0.2) is 0 Å². The summed E-state index contributed by atoms with van der Waals surface area (Å²) >= 11 is 0. The van der Waals surface area contributed by atoms with Crippen molar-refractivity contribution in [3.63, 3.8) is 0 Å². The summed E-state index contributed by atoms with van der Waals surface area (Å²) < 4.78 is 10.7. The van der Waals surface area contributed by atoms with Crippen molar-refractivity contribution < 1.29 is 14.3 Å². The van der Waals surface area contributed by atoms with Gasteiger partial charge in [0.1, 0.15) is 5.54 Å². The van der Waals surface area contributed by atoms with Crippen LogP contribution in [0.25, 0.3) is 0 Å². The average Bonchev–Trinajstić information content (AvgIpc) is 2.35. The van der Waals surface area contributed by atoms with Crippen molar-refractivity contribution in [2.75, 3.05) is 13.7 Å². The number of esters is 1. The second kappa shape index (κ2) is 9.35. The molecule has 2 unspecified atom stereocenters. The van der Waals surface area contributed by atoms with Crippen molar-refractivity contribution in [3.05, 3.63) is 0 Å². The van der Waals surface area contributed by atoms with Gasteiger partial charge in [-0.1, -0.05) is 13.8 Å². The van der Waals surface area contributed by atoms with Gasteiger partial charge in [0.2, 0.25) is 0 Å². The molecule has 0 radical (unpaired) electrons. The highest BCUT2D eigenvalue weighted by molar-refractivity contribution is 5.80. The van der Waals surface area contributed by atoms with Crippen molar-refractivity contribution in [3.8, 4) is 0 Å². The lowest BCUT2D eigenvalue weighted by Crippen LogP contribution is -2.52. The maximum Gasteiger partial charge on any atom is 0.325 e. The molecule has 4 nitrogen and oxygen atoms in total. The van der Waals surface area contributed by atoms with E-state index < -0.39 is 5.54 Å². The normalized spacial score (nSPS) is 16.2. The molecule has 2 atom stereocenters. The molecule has 0 aliphatic rings. The Morgan fingerprint density at radius 1 is 1.15 bits per heavy atom. The Bertz CT molecular complexity index is 279. The molecule has 0 aliphatic carbocycles. The minimum absolute atomic E-state index is 0.192. The Morgan fingerprint density at radius 2 is 1.75 bits per heavy atom. The maximum atomic E-state index is 11.9. The number of methoxy groups -OCH3 is 1. The molecular weight excluding hydrogens is 254 g/mol. The van der Waals surface area contributed by atoms with E-state index in [9.17, 15) is 4.79 Å². The molecule has 1 N–H and O–H groups in total. The fraction of sp³-hybridized carbons (Fsp3) is 0.938. The number of hydrogen-bond donors (Lipinski definition) is 1. The summed E-state index contributed by atoms with van der Waals surface area (Å²) in [6.07, 6.45) is 2.95. The first-order valence-corrected chi connectivity index (χ1v) is 7.70. The van der Waals surface area contributed by atoms with Gasteiger partial charge >= 0.3 is 5.97 Å². The highest BCUT2D eigenvalue weighted by Gasteiger charge is 2.33. The van der Waals surface area contributed by atoms with Crippen molar-refractivity contribution >= 4 is 5.97 Å². The fourth-order valence-electron chi connectivity index (χ4n) is 2.14. The molecule has 0 rings (SSSR count). The maximum absolute atomic E-state index is 11.9. The van der Waals surface area contributed by atoms with Gasteiger partial charge in [-0.3, -0.25) is 10.1 Å². The standard InChI is InChI=1S/C16H33NO3/c1-12(2)14(5)20-11-9-8-10-16(6,15(18)19-7)17-13(3)4/h12-14,17H,8-11H2,1-7H3. The molecule has 120 valence electrons. The van der Waals surface area contributed by atoms with Crippen molar-refractivity contribution in [1.29, 1.82) is 0 Å². The van der Waals surface area contributed by atoms with Crippen LogP contribution in [0.4, 0.5) is 0 Å². The zero-order valence-electron chi connectivity index (χ0n) is 14.3. The third-order valence-electron chi connectivity index (χ3n) is 3.63. The minimum Gasteiger partial charge on any atom is -0.468 e. The van der Waals surface area contributed by atoms with E-state index in [1.165, 1.54) is 7.11 Å². The number of carbonyl (C=O) groups is 1. The molecule has 0 bridgehead atoms. The Balaban J connectivity index is 4.12. The van der Waals surface area contributed by atoms with Crippen LogP contribution >= 0.6 is 0 Å². The van der Waals surface area contributed by atoms with Gasteiger partial charge in [-0.15, -0.1) is 0 Å². The summed E-state index contributed by atoms with van der Waals surface area (Å²) in [7, 11) is 1.44. The Labute approximate surface area is 124 Å². The van der Waals surface area contributed by atoms with Crippen LogP contribution in [-0.2, 0) is 14.3 Å². The highest BCUT2D eigenvalue weighted by Crippen LogP contribution is 2.17. The van der Waals surface area contributed by atoms with Crippen LogP contribution in [-0.4, -0.2) is 37.4 Å². The summed E-state index contributed by atoms with van der Waals surface area (Å²) in [6, 6.07) is 0.247. The number of nitrogens with one attached hydrogen (secondary N) is 1. The molecule has 0 amide bonds. The summed E-state index contributed by atoms with van der Waals surface area (Å²) in [4.78, 5) is 11.9. The van der Waals surface area contributed by atoms with Gasteiger partial charge < -0.3 is 9.47 Å². The SMILES string of the molecule is COC(=O)C(C)(CCCCOC(C)C(C)C)NC(C)C. The van der Waals surface area contributed by atoms with Crippen LogP contribution in [0.2, 0.25) is 0 Å². The van der Waals surface area contributed by atoms with Crippen LogP contribution in [0.3, 0.4) is 0 Å². The predicted octanol–water partition coefficient (Wildman–Crippen LogP) is 3.15. The highest BCUT2D eigenvalue weighted by atomic mass is 16.5. The predicted molar refractivity (Wildman–Crippen MR) is 82.8 cm³/mol. The summed E-state index contributed by atoms with van der Waals surface area (Å²) in [5.74, 6) is 0.348. The molecule has 0 saturated heterocycles. The van der Waals surface area contributed by atoms with E-state index in [2.05, 4.69) is 26.1 Å². The van der Waals surface area contributed by atoms with Crippen molar-refractivity contribution in [2.45, 2.75) is 78.5 Å². The number of carbonyl (C=O) groups excluding carboxylic acids is 1. The molecule has 0 saturated carbocycles. The number of ether oxygens (including phenoxy) is 2. The molecule has 0 aliphatic heterocycles. The largest absolute Gasteiger partial charge is 0.468 e. The molecule has 0 aromatic heterocycles. The van der Waals surface area contributed by atoms with Gasteiger partial charge in [-0.25, -0.2) is 0 Å².